The van der Waals surface area contributed by atoms with Crippen molar-refractivity contribution in [3.05, 3.63) is 39.4 Å². The fraction of sp³-hybridized carbons (Fsp3) is 0.500. The molecule has 1 aromatic carbocycles. The zero-order valence-corrected chi connectivity index (χ0v) is 11.6. The van der Waals surface area contributed by atoms with E-state index in [0.717, 1.165) is 18.4 Å². The summed E-state index contributed by atoms with van der Waals surface area (Å²) in [6, 6.07) is 5.30. The number of carbonyl (C=O) groups is 1. The molecule has 0 aromatic heterocycles. The van der Waals surface area contributed by atoms with Gasteiger partial charge in [-0.2, -0.15) is 0 Å². The summed E-state index contributed by atoms with van der Waals surface area (Å²) in [5.41, 5.74) is 5.76. The monoisotopic (exact) mass is 278 g/mol. The first kappa shape index (κ1) is 14.3. The normalized spacial score (nSPS) is 14.9. The Labute approximate surface area is 117 Å². The van der Waals surface area contributed by atoms with Gasteiger partial charge in [0, 0.05) is 18.1 Å². The summed E-state index contributed by atoms with van der Waals surface area (Å²) in [5, 5.41) is 11.2. The van der Waals surface area contributed by atoms with Crippen LogP contribution < -0.4 is 5.73 Å². The standard InChI is InChI=1S/C14H18N2O4/c1-14(2,20-13(15)17)8-11-6-5-10(9-3-4-9)7-12(11)16(18)19/h5-7,9H,3-4,8H2,1-2H3,(H2,15,17). The number of benzene rings is 1. The Hall–Kier alpha value is -2.11. The molecule has 0 atom stereocenters. The summed E-state index contributed by atoms with van der Waals surface area (Å²) < 4.78 is 4.98. The molecule has 1 fully saturated rings. The summed E-state index contributed by atoms with van der Waals surface area (Å²) in [5.74, 6) is 0.456. The number of ether oxygens (including phenoxy) is 1. The number of nitrogens with two attached hydrogens (primary N) is 1. The van der Waals surface area contributed by atoms with Crippen LogP contribution in [-0.4, -0.2) is 16.6 Å². The first-order valence-corrected chi connectivity index (χ1v) is 6.54. The fourth-order valence-corrected chi connectivity index (χ4v) is 2.34. The second-order valence-electron chi connectivity index (χ2n) is 5.78. The molecule has 6 heteroatoms. The van der Waals surface area contributed by atoms with E-state index in [2.05, 4.69) is 0 Å². The van der Waals surface area contributed by atoms with E-state index in [1.807, 2.05) is 6.07 Å². The Morgan fingerprint density at radius 3 is 2.65 bits per heavy atom. The van der Waals surface area contributed by atoms with Crippen LogP contribution >= 0.6 is 0 Å². The van der Waals surface area contributed by atoms with Crippen molar-refractivity contribution in [3.8, 4) is 0 Å². The average Bonchev–Trinajstić information content (AvgIpc) is 3.10. The molecule has 20 heavy (non-hydrogen) atoms. The van der Waals surface area contributed by atoms with Crippen molar-refractivity contribution in [3.63, 3.8) is 0 Å². The highest BCUT2D eigenvalue weighted by Crippen LogP contribution is 2.41. The predicted molar refractivity (Wildman–Crippen MR) is 73.5 cm³/mol. The molecule has 2 rings (SSSR count). The van der Waals surface area contributed by atoms with E-state index in [9.17, 15) is 14.9 Å². The van der Waals surface area contributed by atoms with Gasteiger partial charge in [-0.3, -0.25) is 10.1 Å². The molecule has 0 heterocycles. The third-order valence-electron chi connectivity index (χ3n) is 3.35. The Morgan fingerprint density at radius 2 is 2.15 bits per heavy atom. The summed E-state index contributed by atoms with van der Waals surface area (Å²) in [4.78, 5) is 21.7. The first-order valence-electron chi connectivity index (χ1n) is 6.54. The molecule has 1 amide bonds. The van der Waals surface area contributed by atoms with Crippen LogP contribution in [0.1, 0.15) is 43.7 Å². The van der Waals surface area contributed by atoms with Gasteiger partial charge < -0.3 is 10.5 Å². The van der Waals surface area contributed by atoms with Gasteiger partial charge in [-0.1, -0.05) is 12.1 Å². The molecule has 6 nitrogen and oxygen atoms in total. The number of nitro groups is 1. The maximum atomic E-state index is 11.2. The van der Waals surface area contributed by atoms with Crippen LogP contribution in [0.15, 0.2) is 18.2 Å². The van der Waals surface area contributed by atoms with Crippen LogP contribution in [-0.2, 0) is 11.2 Å². The van der Waals surface area contributed by atoms with Gasteiger partial charge in [0.1, 0.15) is 5.60 Å². The minimum Gasteiger partial charge on any atom is -0.443 e. The van der Waals surface area contributed by atoms with E-state index >= 15 is 0 Å². The van der Waals surface area contributed by atoms with E-state index in [-0.39, 0.29) is 17.0 Å². The van der Waals surface area contributed by atoms with Crippen molar-refractivity contribution in [1.29, 1.82) is 0 Å². The molecule has 1 saturated carbocycles. The van der Waals surface area contributed by atoms with Gasteiger partial charge in [-0.15, -0.1) is 0 Å². The van der Waals surface area contributed by atoms with E-state index in [4.69, 9.17) is 10.5 Å². The van der Waals surface area contributed by atoms with Gasteiger partial charge in [0.05, 0.1) is 4.92 Å². The molecular weight excluding hydrogens is 260 g/mol. The van der Waals surface area contributed by atoms with Gasteiger partial charge in [-0.25, -0.2) is 4.79 Å². The Bertz CT molecular complexity index is 550. The van der Waals surface area contributed by atoms with E-state index in [1.165, 1.54) is 0 Å². The third kappa shape index (κ3) is 3.46. The topological polar surface area (TPSA) is 95.5 Å². The number of primary amides is 1. The Kier molecular flexibility index (Phi) is 3.65. The van der Waals surface area contributed by atoms with E-state index in [1.54, 1.807) is 26.0 Å². The largest absolute Gasteiger partial charge is 0.443 e. The van der Waals surface area contributed by atoms with Crippen molar-refractivity contribution in [2.24, 2.45) is 5.73 Å². The molecule has 0 saturated heterocycles. The molecular formula is C14H18N2O4. The maximum absolute atomic E-state index is 11.2. The molecule has 0 aliphatic heterocycles. The van der Waals surface area contributed by atoms with Crippen LogP contribution in [0, 0.1) is 10.1 Å². The Balaban J connectivity index is 2.26. The molecule has 0 bridgehead atoms. The number of rotatable bonds is 5. The number of carbonyl (C=O) groups excluding carboxylic acids is 1. The number of nitro benzene ring substituents is 1. The number of nitrogens with zero attached hydrogens (tertiary/aromatic N) is 1. The van der Waals surface area contributed by atoms with Crippen LogP contribution in [0.25, 0.3) is 0 Å². The first-order chi connectivity index (χ1) is 9.28. The van der Waals surface area contributed by atoms with Gasteiger partial charge in [-0.05, 0) is 38.2 Å². The molecule has 0 unspecified atom stereocenters. The molecule has 1 aliphatic rings. The predicted octanol–water partition coefficient (Wildman–Crippen LogP) is 2.89. The SMILES string of the molecule is CC(C)(Cc1ccc(C2CC2)cc1[N+](=O)[O-])OC(N)=O. The zero-order valence-electron chi connectivity index (χ0n) is 11.6. The van der Waals surface area contributed by atoms with Crippen LogP contribution in [0.5, 0.6) is 0 Å². The van der Waals surface area contributed by atoms with Crippen molar-refractivity contribution in [2.45, 2.75) is 44.6 Å². The third-order valence-corrected chi connectivity index (χ3v) is 3.35. The van der Waals surface area contributed by atoms with Crippen molar-refractivity contribution in [1.82, 2.24) is 0 Å². The summed E-state index contributed by atoms with van der Waals surface area (Å²) in [6.45, 7) is 3.35. The zero-order chi connectivity index (χ0) is 14.9. The van der Waals surface area contributed by atoms with Crippen LogP contribution in [0.2, 0.25) is 0 Å². The fourth-order valence-electron chi connectivity index (χ4n) is 2.34. The number of hydrogen-bond acceptors (Lipinski definition) is 4. The smallest absolute Gasteiger partial charge is 0.405 e. The number of hydrogen-bond donors (Lipinski definition) is 1. The second-order valence-corrected chi connectivity index (χ2v) is 5.78. The van der Waals surface area contributed by atoms with Gasteiger partial charge >= 0.3 is 6.09 Å². The highest BCUT2D eigenvalue weighted by atomic mass is 16.6. The van der Waals surface area contributed by atoms with Gasteiger partial charge in [0.25, 0.3) is 5.69 Å². The van der Waals surface area contributed by atoms with E-state index < -0.39 is 11.7 Å². The van der Waals surface area contributed by atoms with Crippen molar-refractivity contribution < 1.29 is 14.5 Å². The summed E-state index contributed by atoms with van der Waals surface area (Å²) in [6.07, 6.45) is 1.55. The lowest BCUT2D eigenvalue weighted by Gasteiger charge is -2.24. The van der Waals surface area contributed by atoms with Gasteiger partial charge in [0.2, 0.25) is 0 Å². The summed E-state index contributed by atoms with van der Waals surface area (Å²) in [7, 11) is 0. The van der Waals surface area contributed by atoms with Gasteiger partial charge in [0.15, 0.2) is 0 Å². The molecule has 1 aromatic rings. The maximum Gasteiger partial charge on any atom is 0.405 e. The minimum atomic E-state index is -0.882. The average molecular weight is 278 g/mol. The quantitative estimate of drug-likeness (QED) is 0.661. The van der Waals surface area contributed by atoms with Crippen molar-refractivity contribution in [2.75, 3.05) is 0 Å². The lowest BCUT2D eigenvalue weighted by molar-refractivity contribution is -0.385. The minimum absolute atomic E-state index is 0.0792. The molecule has 108 valence electrons. The highest BCUT2D eigenvalue weighted by molar-refractivity contribution is 5.65. The van der Waals surface area contributed by atoms with Crippen LogP contribution in [0.4, 0.5) is 10.5 Å². The lowest BCUT2D eigenvalue weighted by atomic mass is 9.95. The molecule has 2 N–H and O–H groups in total. The molecule has 1 aliphatic carbocycles. The summed E-state index contributed by atoms with van der Waals surface area (Å²) >= 11 is 0. The molecule has 0 spiro atoms. The molecule has 0 radical (unpaired) electrons. The Morgan fingerprint density at radius 1 is 1.50 bits per heavy atom. The lowest BCUT2D eigenvalue weighted by Crippen LogP contribution is -2.33. The number of amides is 1. The highest BCUT2D eigenvalue weighted by Gasteiger charge is 2.29. The van der Waals surface area contributed by atoms with E-state index in [0.29, 0.717) is 11.5 Å². The van der Waals surface area contributed by atoms with Crippen LogP contribution in [0.3, 0.4) is 0 Å². The van der Waals surface area contributed by atoms with Crippen molar-refractivity contribution >= 4 is 11.8 Å². The second kappa shape index (κ2) is 5.11.